The van der Waals surface area contributed by atoms with Crippen molar-refractivity contribution in [3.8, 4) is 0 Å². The number of hydrogen-bond acceptors (Lipinski definition) is 6. The van der Waals surface area contributed by atoms with Crippen LogP contribution < -0.4 is 0 Å². The Morgan fingerprint density at radius 1 is 0.833 bits per heavy atom. The van der Waals surface area contributed by atoms with Crippen LogP contribution in [0.5, 0.6) is 0 Å². The first-order chi connectivity index (χ1) is 14.5. The lowest BCUT2D eigenvalue weighted by Gasteiger charge is -2.25. The predicted molar refractivity (Wildman–Crippen MR) is 120 cm³/mol. The monoisotopic (exact) mass is 428 g/mol. The molecule has 7 heteroatoms. The highest BCUT2D eigenvalue weighted by atomic mass is 16.7. The Labute approximate surface area is 183 Å². The van der Waals surface area contributed by atoms with Crippen molar-refractivity contribution in [2.24, 2.45) is 0 Å². The Kier molecular flexibility index (Phi) is 15.5. The summed E-state index contributed by atoms with van der Waals surface area (Å²) < 4.78 is 10.3. The minimum atomic E-state index is -1.92. The average molecular weight is 428 g/mol. The minimum Gasteiger partial charge on any atom is -0.457 e. The van der Waals surface area contributed by atoms with Crippen molar-refractivity contribution >= 4 is 13.3 Å². The summed E-state index contributed by atoms with van der Waals surface area (Å²) in [6.07, 6.45) is 19.7. The zero-order valence-corrected chi connectivity index (χ0v) is 19.2. The van der Waals surface area contributed by atoms with E-state index < -0.39 is 19.0 Å². The zero-order valence-electron chi connectivity index (χ0n) is 19.2. The highest BCUT2D eigenvalue weighted by molar-refractivity contribution is 6.32. The molecule has 0 bridgehead atoms. The van der Waals surface area contributed by atoms with Gasteiger partial charge >= 0.3 is 13.3 Å². The Bertz CT molecular complexity index is 428. The molecule has 3 N–H and O–H groups in total. The molecule has 1 aliphatic rings. The molecule has 0 amide bonds. The predicted octanol–water partition coefficient (Wildman–Crippen LogP) is 4.67. The van der Waals surface area contributed by atoms with Gasteiger partial charge in [-0.2, -0.15) is 0 Å². The first-order valence-corrected chi connectivity index (χ1v) is 12.4. The van der Waals surface area contributed by atoms with E-state index in [1.165, 1.54) is 77.0 Å². The summed E-state index contributed by atoms with van der Waals surface area (Å²) in [5.41, 5.74) is -0.937. The van der Waals surface area contributed by atoms with E-state index in [0.29, 0.717) is 19.3 Å². The summed E-state index contributed by atoms with van der Waals surface area (Å²) >= 11 is 0. The van der Waals surface area contributed by atoms with Crippen LogP contribution in [0.3, 0.4) is 0 Å². The maximum Gasteiger partial charge on any atom is 0.634 e. The van der Waals surface area contributed by atoms with E-state index in [4.69, 9.17) is 19.4 Å². The smallest absolute Gasteiger partial charge is 0.457 e. The summed E-state index contributed by atoms with van der Waals surface area (Å²) in [6.45, 7) is 1.88. The van der Waals surface area contributed by atoms with Crippen molar-refractivity contribution < 1.29 is 29.3 Å². The summed E-state index contributed by atoms with van der Waals surface area (Å²) in [7, 11) is -1.92. The number of rotatable bonds is 21. The zero-order chi connectivity index (χ0) is 22.1. The molecule has 0 saturated heterocycles. The van der Waals surface area contributed by atoms with E-state index in [2.05, 4.69) is 6.92 Å². The van der Waals surface area contributed by atoms with E-state index in [9.17, 15) is 9.90 Å². The molecule has 1 atom stereocenters. The second-order valence-electron chi connectivity index (χ2n) is 8.87. The first kappa shape index (κ1) is 27.4. The lowest BCUT2D eigenvalue weighted by Crippen LogP contribution is -2.42. The standard InChI is InChI=1S/C23H45BO6/c1-2-3-4-5-6-7-8-9-10-11-12-13-14-15-16-17-22(26)29-21(20-25)23(18-19-23)30-24(27)28/h21,25,27-28H,2-20H2,1H3. The van der Waals surface area contributed by atoms with Crippen LogP contribution in [0.2, 0.25) is 0 Å². The molecule has 1 aliphatic carbocycles. The third kappa shape index (κ3) is 12.9. The lowest BCUT2D eigenvalue weighted by atomic mass is 10.0. The summed E-state index contributed by atoms with van der Waals surface area (Å²) in [4.78, 5) is 12.0. The van der Waals surface area contributed by atoms with Gasteiger partial charge in [0.15, 0.2) is 6.10 Å². The van der Waals surface area contributed by atoms with E-state index in [0.717, 1.165) is 19.3 Å². The number of unbranched alkanes of at least 4 members (excludes halogenated alkanes) is 14. The summed E-state index contributed by atoms with van der Waals surface area (Å²) in [5, 5.41) is 27.4. The Morgan fingerprint density at radius 2 is 1.27 bits per heavy atom. The number of aliphatic hydroxyl groups is 1. The molecule has 1 unspecified atom stereocenters. The van der Waals surface area contributed by atoms with Crippen molar-refractivity contribution in [1.82, 2.24) is 0 Å². The minimum absolute atomic E-state index is 0.326. The number of carbonyl (C=O) groups is 1. The molecule has 6 nitrogen and oxygen atoms in total. The fourth-order valence-corrected chi connectivity index (χ4v) is 4.02. The third-order valence-corrected chi connectivity index (χ3v) is 6.09. The molecule has 0 spiro atoms. The van der Waals surface area contributed by atoms with Gasteiger partial charge in [-0.1, -0.05) is 96.8 Å². The maximum absolute atomic E-state index is 12.0. The largest absolute Gasteiger partial charge is 0.634 e. The third-order valence-electron chi connectivity index (χ3n) is 6.09. The van der Waals surface area contributed by atoms with Crippen LogP contribution in [0.15, 0.2) is 0 Å². The van der Waals surface area contributed by atoms with Gasteiger partial charge in [0, 0.05) is 6.42 Å². The SMILES string of the molecule is CCCCCCCCCCCCCCCCCC(=O)OC(CO)C1(OB(O)O)CC1. The molecule has 0 aliphatic heterocycles. The normalized spacial score (nSPS) is 15.7. The lowest BCUT2D eigenvalue weighted by molar-refractivity contribution is -0.160. The Hall–Kier alpha value is -0.625. The molecule has 0 radical (unpaired) electrons. The first-order valence-electron chi connectivity index (χ1n) is 12.4. The van der Waals surface area contributed by atoms with E-state index in [-0.39, 0.29) is 12.6 Å². The van der Waals surface area contributed by atoms with Gasteiger partial charge in [0.2, 0.25) is 0 Å². The maximum atomic E-state index is 12.0. The van der Waals surface area contributed by atoms with E-state index in [1.54, 1.807) is 0 Å². The highest BCUT2D eigenvalue weighted by Crippen LogP contribution is 2.44. The quantitative estimate of drug-likeness (QED) is 0.140. The molecule has 0 aromatic carbocycles. The molecule has 0 aromatic heterocycles. The van der Waals surface area contributed by atoms with E-state index >= 15 is 0 Å². The van der Waals surface area contributed by atoms with Crippen LogP contribution in [0.1, 0.15) is 122 Å². The van der Waals surface area contributed by atoms with Gasteiger partial charge in [-0.05, 0) is 19.3 Å². The number of hydrogen-bond donors (Lipinski definition) is 3. The molecule has 30 heavy (non-hydrogen) atoms. The van der Waals surface area contributed by atoms with Gasteiger partial charge in [-0.25, -0.2) is 0 Å². The Balaban J connectivity index is 1.90. The number of ether oxygens (including phenoxy) is 1. The number of aliphatic hydroxyl groups excluding tert-OH is 1. The van der Waals surface area contributed by atoms with Gasteiger partial charge < -0.3 is 24.5 Å². The van der Waals surface area contributed by atoms with Crippen LogP contribution in [0.4, 0.5) is 0 Å². The van der Waals surface area contributed by atoms with Gasteiger partial charge in [0.1, 0.15) is 0 Å². The topological polar surface area (TPSA) is 96.2 Å². The molecule has 1 saturated carbocycles. The van der Waals surface area contributed by atoms with Crippen molar-refractivity contribution in [3.05, 3.63) is 0 Å². The summed E-state index contributed by atoms with van der Waals surface area (Å²) in [6, 6.07) is 0. The Morgan fingerprint density at radius 3 is 1.63 bits per heavy atom. The van der Waals surface area contributed by atoms with Gasteiger partial charge in [-0.15, -0.1) is 0 Å². The summed E-state index contributed by atoms with van der Waals surface area (Å²) in [5.74, 6) is -0.356. The number of esters is 1. The molecular formula is C23H45BO6. The highest BCUT2D eigenvalue weighted by Gasteiger charge is 2.54. The second-order valence-corrected chi connectivity index (χ2v) is 8.87. The molecule has 1 fully saturated rings. The van der Waals surface area contributed by atoms with E-state index in [1.807, 2.05) is 0 Å². The van der Waals surface area contributed by atoms with Crippen LogP contribution >= 0.6 is 0 Å². The molecule has 1 rings (SSSR count). The molecule has 0 heterocycles. The van der Waals surface area contributed by atoms with Crippen molar-refractivity contribution in [1.29, 1.82) is 0 Å². The van der Waals surface area contributed by atoms with Crippen LogP contribution in [-0.2, 0) is 14.2 Å². The van der Waals surface area contributed by atoms with Gasteiger partial charge in [-0.3, -0.25) is 4.79 Å². The van der Waals surface area contributed by atoms with Crippen molar-refractivity contribution in [3.63, 3.8) is 0 Å². The molecular weight excluding hydrogens is 383 g/mol. The molecule has 0 aromatic rings. The average Bonchev–Trinajstić information content (AvgIpc) is 3.48. The van der Waals surface area contributed by atoms with Gasteiger partial charge in [0.05, 0.1) is 12.2 Å². The van der Waals surface area contributed by atoms with Crippen LogP contribution in [-0.4, -0.2) is 46.8 Å². The van der Waals surface area contributed by atoms with Crippen molar-refractivity contribution in [2.45, 2.75) is 134 Å². The molecule has 176 valence electrons. The van der Waals surface area contributed by atoms with Gasteiger partial charge in [0.25, 0.3) is 0 Å². The fraction of sp³-hybridized carbons (Fsp3) is 0.957. The second kappa shape index (κ2) is 17.0. The number of carbonyl (C=O) groups excluding carboxylic acids is 1. The fourth-order valence-electron chi connectivity index (χ4n) is 4.02. The van der Waals surface area contributed by atoms with Crippen LogP contribution in [0.25, 0.3) is 0 Å². The van der Waals surface area contributed by atoms with Crippen molar-refractivity contribution in [2.75, 3.05) is 6.61 Å². The van der Waals surface area contributed by atoms with Crippen LogP contribution in [0, 0.1) is 0 Å².